The number of fused-ring (bicyclic) bond motifs is 2. The second-order valence-electron chi connectivity index (χ2n) is 9.00. The van der Waals surface area contributed by atoms with E-state index in [4.69, 9.17) is 17.1 Å². The van der Waals surface area contributed by atoms with Crippen LogP contribution in [0.25, 0.3) is 0 Å². The molecule has 0 unspecified atom stereocenters. The number of nitrogens with zero attached hydrogens (tertiary/aromatic N) is 2. The first-order valence-electron chi connectivity index (χ1n) is 11.2. The lowest BCUT2D eigenvalue weighted by Gasteiger charge is -2.35. The number of nitrogens with one attached hydrogen (secondary N) is 1. The van der Waals surface area contributed by atoms with E-state index in [1.54, 1.807) is 24.0 Å². The van der Waals surface area contributed by atoms with Gasteiger partial charge in [0.2, 0.25) is 0 Å². The first-order valence-corrected chi connectivity index (χ1v) is 11.6. The number of amides is 1. The molecule has 3 atom stereocenters. The Balaban J connectivity index is 1.61. The third kappa shape index (κ3) is 2.74. The smallest absolute Gasteiger partial charge is 0.354 e. The molecule has 3 aromatic carbocycles. The molecule has 0 aromatic heterocycles. The zero-order chi connectivity index (χ0) is 24.4. The van der Waals surface area contributed by atoms with Crippen molar-refractivity contribution < 1.29 is 18.8 Å². The van der Waals surface area contributed by atoms with Crippen LogP contribution in [0.4, 0.5) is 10.1 Å². The zero-order valence-electron chi connectivity index (χ0n) is 18.7. The number of hydrogen-bond acceptors (Lipinski definition) is 5. The van der Waals surface area contributed by atoms with Crippen molar-refractivity contribution in [2.45, 2.75) is 24.9 Å². The molecule has 3 aliphatic rings. The number of thiocarbonyl (C=S) groups is 1. The average molecular weight is 486 g/mol. The molecule has 3 aromatic rings. The number of para-hydroxylation sites is 1. The summed E-state index contributed by atoms with van der Waals surface area (Å²) >= 11 is 5.77. The predicted molar refractivity (Wildman–Crippen MR) is 132 cm³/mol. The number of carbonyl (C=O) groups excluding carboxylic acids is 2. The SMILES string of the molecule is CC1=NOC(=O)[C@]12C(=S)N[C@]1(C(=O)N(Cc3ccccc3)c3ccccc31)[C@@H]2c1ccc(F)cc1. The summed E-state index contributed by atoms with van der Waals surface area (Å²) in [6.07, 6.45) is 0. The maximum atomic E-state index is 14.5. The minimum Gasteiger partial charge on any atom is -0.360 e. The van der Waals surface area contributed by atoms with Gasteiger partial charge in [-0.1, -0.05) is 78.0 Å². The molecule has 3 aliphatic heterocycles. The maximum Gasteiger partial charge on any atom is 0.354 e. The first kappa shape index (κ1) is 21.6. The minimum atomic E-state index is -1.49. The number of halogens is 1. The van der Waals surface area contributed by atoms with Crippen LogP contribution < -0.4 is 10.2 Å². The van der Waals surface area contributed by atoms with E-state index in [2.05, 4.69) is 10.5 Å². The summed E-state index contributed by atoms with van der Waals surface area (Å²) in [7, 11) is 0. The molecule has 0 radical (unpaired) electrons. The Hall–Kier alpha value is -3.91. The summed E-state index contributed by atoms with van der Waals surface area (Å²) < 4.78 is 13.9. The molecule has 0 aliphatic carbocycles. The van der Waals surface area contributed by atoms with Gasteiger partial charge in [-0.05, 0) is 36.2 Å². The molecule has 1 fully saturated rings. The van der Waals surface area contributed by atoms with Gasteiger partial charge >= 0.3 is 5.97 Å². The normalized spacial score (nSPS) is 26.8. The van der Waals surface area contributed by atoms with E-state index in [0.717, 1.165) is 11.3 Å². The lowest BCUT2D eigenvalue weighted by Crippen LogP contribution is -2.51. The van der Waals surface area contributed by atoms with E-state index in [-0.39, 0.29) is 10.9 Å². The highest BCUT2D eigenvalue weighted by Gasteiger charge is 2.74. The Morgan fingerprint density at radius 2 is 1.71 bits per heavy atom. The highest BCUT2D eigenvalue weighted by Crippen LogP contribution is 2.61. The van der Waals surface area contributed by atoms with Crippen LogP contribution in [0.3, 0.4) is 0 Å². The summed E-state index contributed by atoms with van der Waals surface area (Å²) in [5.74, 6) is -2.15. The van der Waals surface area contributed by atoms with E-state index in [1.807, 2.05) is 54.6 Å². The van der Waals surface area contributed by atoms with Crippen LogP contribution in [0.5, 0.6) is 0 Å². The van der Waals surface area contributed by atoms with E-state index in [9.17, 15) is 14.0 Å². The summed E-state index contributed by atoms with van der Waals surface area (Å²) in [6.45, 7) is 2.01. The van der Waals surface area contributed by atoms with Crippen LogP contribution in [-0.2, 0) is 26.5 Å². The number of anilines is 1. The van der Waals surface area contributed by atoms with Crippen molar-refractivity contribution in [2.24, 2.45) is 10.6 Å². The Morgan fingerprint density at radius 3 is 2.40 bits per heavy atom. The predicted octanol–water partition coefficient (Wildman–Crippen LogP) is 4.20. The summed E-state index contributed by atoms with van der Waals surface area (Å²) in [5, 5.41) is 7.23. The zero-order valence-corrected chi connectivity index (χ0v) is 19.5. The lowest BCUT2D eigenvalue weighted by molar-refractivity contribution is -0.146. The van der Waals surface area contributed by atoms with Crippen LogP contribution in [-0.4, -0.2) is 22.6 Å². The fourth-order valence-electron chi connectivity index (χ4n) is 5.75. The van der Waals surface area contributed by atoms with Crippen molar-refractivity contribution in [1.82, 2.24) is 5.32 Å². The van der Waals surface area contributed by atoms with Crippen LogP contribution in [0.2, 0.25) is 0 Å². The van der Waals surface area contributed by atoms with Gasteiger partial charge in [0.25, 0.3) is 5.91 Å². The molecule has 2 spiro atoms. The molecule has 0 saturated carbocycles. The van der Waals surface area contributed by atoms with Crippen molar-refractivity contribution in [1.29, 1.82) is 0 Å². The molecule has 3 heterocycles. The van der Waals surface area contributed by atoms with Crippen LogP contribution in [0, 0.1) is 11.2 Å². The third-order valence-corrected chi connectivity index (χ3v) is 7.71. The van der Waals surface area contributed by atoms with Crippen molar-refractivity contribution in [3.63, 3.8) is 0 Å². The van der Waals surface area contributed by atoms with Crippen LogP contribution in [0.15, 0.2) is 84.0 Å². The molecule has 6 nitrogen and oxygen atoms in total. The van der Waals surface area contributed by atoms with Crippen molar-refractivity contribution >= 4 is 40.5 Å². The van der Waals surface area contributed by atoms with Gasteiger partial charge in [0, 0.05) is 11.5 Å². The maximum absolute atomic E-state index is 14.5. The second kappa shape index (κ2) is 7.55. The minimum absolute atomic E-state index is 0.167. The van der Waals surface area contributed by atoms with Gasteiger partial charge in [-0.2, -0.15) is 0 Å². The third-order valence-electron chi connectivity index (χ3n) is 7.28. The van der Waals surface area contributed by atoms with Gasteiger partial charge in [-0.3, -0.25) is 4.79 Å². The standard InChI is InChI=1S/C27H20FN3O3S/c1-16-26(25(33)34-30-16)22(18-11-13-19(28)14-12-18)27(29-23(26)35)20-9-5-6-10-21(20)31(24(27)32)15-17-7-3-2-4-8-17/h2-14,22H,15H2,1H3,(H,29,35)/t22-,26-,27+/m1/s1. The fourth-order valence-corrected chi connectivity index (χ4v) is 6.26. The van der Waals surface area contributed by atoms with Gasteiger partial charge in [0.1, 0.15) is 10.8 Å². The number of hydrogen-bond donors (Lipinski definition) is 1. The fraction of sp³-hybridized carbons (Fsp3) is 0.185. The van der Waals surface area contributed by atoms with Crippen LogP contribution in [0.1, 0.15) is 29.5 Å². The molecule has 35 heavy (non-hydrogen) atoms. The molecular weight excluding hydrogens is 465 g/mol. The molecule has 1 amide bonds. The Bertz CT molecular complexity index is 1430. The largest absolute Gasteiger partial charge is 0.360 e. The molecule has 174 valence electrons. The molecule has 0 bridgehead atoms. The number of benzene rings is 3. The summed E-state index contributed by atoms with van der Waals surface area (Å²) in [4.78, 5) is 34.8. The summed E-state index contributed by atoms with van der Waals surface area (Å²) in [6, 6.07) is 23.0. The number of rotatable bonds is 3. The second-order valence-corrected chi connectivity index (χ2v) is 9.41. The van der Waals surface area contributed by atoms with E-state index in [0.29, 0.717) is 23.4 Å². The molecule has 1 N–H and O–H groups in total. The van der Waals surface area contributed by atoms with Crippen molar-refractivity contribution in [3.8, 4) is 0 Å². The van der Waals surface area contributed by atoms with Crippen molar-refractivity contribution in [2.75, 3.05) is 4.90 Å². The van der Waals surface area contributed by atoms with Gasteiger partial charge < -0.3 is 15.1 Å². The van der Waals surface area contributed by atoms with Gasteiger partial charge in [0.15, 0.2) is 11.0 Å². The van der Waals surface area contributed by atoms with Gasteiger partial charge in [-0.25, -0.2) is 9.18 Å². The monoisotopic (exact) mass is 485 g/mol. The van der Waals surface area contributed by atoms with Gasteiger partial charge in [0.05, 0.1) is 17.9 Å². The van der Waals surface area contributed by atoms with E-state index >= 15 is 0 Å². The van der Waals surface area contributed by atoms with Gasteiger partial charge in [-0.15, -0.1) is 0 Å². The molecule has 6 rings (SSSR count). The quantitative estimate of drug-likeness (QED) is 0.445. The number of carbonyl (C=O) groups is 2. The first-order chi connectivity index (χ1) is 16.9. The summed E-state index contributed by atoms with van der Waals surface area (Å²) in [5.41, 5.74) is 0.428. The Kier molecular flexibility index (Phi) is 4.66. The van der Waals surface area contributed by atoms with Crippen molar-refractivity contribution in [3.05, 3.63) is 101 Å². The number of oxime groups is 1. The molecule has 8 heteroatoms. The molecule has 1 saturated heterocycles. The lowest BCUT2D eigenvalue weighted by atomic mass is 9.63. The average Bonchev–Trinajstić information content (AvgIpc) is 3.41. The van der Waals surface area contributed by atoms with E-state index in [1.165, 1.54) is 12.1 Å². The Morgan fingerprint density at radius 1 is 1.03 bits per heavy atom. The van der Waals surface area contributed by atoms with Crippen LogP contribution >= 0.6 is 12.2 Å². The topological polar surface area (TPSA) is 71.0 Å². The Labute approximate surface area is 206 Å². The highest BCUT2D eigenvalue weighted by molar-refractivity contribution is 7.80. The van der Waals surface area contributed by atoms with E-state index < -0.39 is 28.7 Å². The highest BCUT2D eigenvalue weighted by atomic mass is 32.1. The molecular formula is C27H20FN3O3S.